The van der Waals surface area contributed by atoms with Crippen LogP contribution in [-0.2, 0) is 4.74 Å². The lowest BCUT2D eigenvalue weighted by Gasteiger charge is -2.16. The first kappa shape index (κ1) is 12.4. The summed E-state index contributed by atoms with van der Waals surface area (Å²) in [6, 6.07) is 21.1. The van der Waals surface area contributed by atoms with Gasteiger partial charge in [-0.15, -0.1) is 0 Å². The molecule has 1 saturated heterocycles. The fourth-order valence-electron chi connectivity index (χ4n) is 3.01. The van der Waals surface area contributed by atoms with E-state index < -0.39 is 0 Å². The Hall–Kier alpha value is -1.60. The maximum atomic E-state index is 6.36. The minimum absolute atomic E-state index is 0.210. The summed E-state index contributed by atoms with van der Waals surface area (Å²) < 4.78 is 6.36. The molecule has 1 aliphatic heterocycles. The number of benzene rings is 2. The molecule has 0 aliphatic carbocycles. The van der Waals surface area contributed by atoms with Crippen molar-refractivity contribution in [3.05, 3.63) is 71.8 Å². The molecule has 1 aliphatic rings. The zero-order valence-corrected chi connectivity index (χ0v) is 11.5. The molecule has 0 N–H and O–H groups in total. The van der Waals surface area contributed by atoms with E-state index in [2.05, 4.69) is 74.5 Å². The standard InChI is InChI=1S/C18H20O/c1-13-14(2)18(16-11-7-4-8-12-16)19-17(13)15-9-5-3-6-10-15/h3-14,17-18H,1-2H3/t13-,14-,17-,18-/m1/s1. The Morgan fingerprint density at radius 3 is 1.37 bits per heavy atom. The van der Waals surface area contributed by atoms with Crippen LogP contribution in [0.5, 0.6) is 0 Å². The Morgan fingerprint density at radius 1 is 0.632 bits per heavy atom. The Labute approximate surface area is 115 Å². The molecular formula is C18H20O. The zero-order chi connectivity index (χ0) is 13.2. The maximum absolute atomic E-state index is 6.36. The summed E-state index contributed by atoms with van der Waals surface area (Å²) >= 11 is 0. The van der Waals surface area contributed by atoms with Gasteiger partial charge < -0.3 is 4.74 Å². The fourth-order valence-corrected chi connectivity index (χ4v) is 3.01. The van der Waals surface area contributed by atoms with E-state index in [1.165, 1.54) is 11.1 Å². The van der Waals surface area contributed by atoms with E-state index in [9.17, 15) is 0 Å². The highest BCUT2D eigenvalue weighted by Crippen LogP contribution is 2.48. The van der Waals surface area contributed by atoms with Gasteiger partial charge in [0.2, 0.25) is 0 Å². The molecule has 0 unspecified atom stereocenters. The van der Waals surface area contributed by atoms with Crippen LogP contribution in [0.3, 0.4) is 0 Å². The van der Waals surface area contributed by atoms with Gasteiger partial charge in [0.15, 0.2) is 0 Å². The molecule has 0 aromatic heterocycles. The van der Waals surface area contributed by atoms with Gasteiger partial charge in [0.05, 0.1) is 12.2 Å². The van der Waals surface area contributed by atoms with E-state index in [0.717, 1.165) is 0 Å². The molecule has 1 nitrogen and oxygen atoms in total. The van der Waals surface area contributed by atoms with Crippen molar-refractivity contribution in [3.8, 4) is 0 Å². The first-order chi connectivity index (χ1) is 9.27. The highest BCUT2D eigenvalue weighted by atomic mass is 16.5. The van der Waals surface area contributed by atoms with Gasteiger partial charge in [-0.25, -0.2) is 0 Å². The van der Waals surface area contributed by atoms with Crippen LogP contribution in [0.1, 0.15) is 37.2 Å². The third kappa shape index (κ3) is 2.31. The molecule has 1 heterocycles. The second-order valence-corrected chi connectivity index (χ2v) is 5.52. The topological polar surface area (TPSA) is 9.23 Å². The number of hydrogen-bond donors (Lipinski definition) is 0. The van der Waals surface area contributed by atoms with E-state index in [1.807, 2.05) is 0 Å². The van der Waals surface area contributed by atoms with E-state index >= 15 is 0 Å². The molecule has 98 valence electrons. The Balaban J connectivity index is 1.88. The van der Waals surface area contributed by atoms with Crippen molar-refractivity contribution in [3.63, 3.8) is 0 Å². The molecule has 3 rings (SSSR count). The van der Waals surface area contributed by atoms with Crippen molar-refractivity contribution in [2.45, 2.75) is 26.1 Å². The van der Waals surface area contributed by atoms with Crippen molar-refractivity contribution in [2.24, 2.45) is 11.8 Å². The summed E-state index contributed by atoms with van der Waals surface area (Å²) in [5.74, 6) is 1.07. The smallest absolute Gasteiger partial charge is 0.0862 e. The number of hydrogen-bond acceptors (Lipinski definition) is 1. The second-order valence-electron chi connectivity index (χ2n) is 5.52. The fraction of sp³-hybridized carbons (Fsp3) is 0.333. The molecule has 1 fully saturated rings. The molecule has 0 spiro atoms. The summed E-state index contributed by atoms with van der Waals surface area (Å²) in [6.07, 6.45) is 0.419. The van der Waals surface area contributed by atoms with Crippen LogP contribution in [0, 0.1) is 11.8 Å². The Morgan fingerprint density at radius 2 is 1.00 bits per heavy atom. The van der Waals surface area contributed by atoms with Crippen LogP contribution < -0.4 is 0 Å². The van der Waals surface area contributed by atoms with Gasteiger partial charge >= 0.3 is 0 Å². The molecule has 0 amide bonds. The van der Waals surface area contributed by atoms with Crippen LogP contribution in [0.4, 0.5) is 0 Å². The third-order valence-corrected chi connectivity index (χ3v) is 4.33. The van der Waals surface area contributed by atoms with Crippen molar-refractivity contribution in [2.75, 3.05) is 0 Å². The number of rotatable bonds is 2. The molecular weight excluding hydrogens is 232 g/mol. The Bertz CT molecular complexity index is 470. The maximum Gasteiger partial charge on any atom is 0.0862 e. The van der Waals surface area contributed by atoms with Crippen LogP contribution in [0.25, 0.3) is 0 Å². The van der Waals surface area contributed by atoms with E-state index in [1.54, 1.807) is 0 Å². The lowest BCUT2D eigenvalue weighted by Crippen LogP contribution is -2.09. The summed E-state index contributed by atoms with van der Waals surface area (Å²) in [5, 5.41) is 0. The predicted molar refractivity (Wildman–Crippen MR) is 77.8 cm³/mol. The second kappa shape index (κ2) is 5.18. The zero-order valence-electron chi connectivity index (χ0n) is 11.5. The van der Waals surface area contributed by atoms with Gasteiger partial charge in [0.25, 0.3) is 0 Å². The van der Waals surface area contributed by atoms with Gasteiger partial charge in [-0.3, -0.25) is 0 Å². The van der Waals surface area contributed by atoms with Crippen LogP contribution in [0.15, 0.2) is 60.7 Å². The van der Waals surface area contributed by atoms with Gasteiger partial charge in [-0.1, -0.05) is 74.5 Å². The quantitative estimate of drug-likeness (QED) is 0.748. The molecule has 19 heavy (non-hydrogen) atoms. The number of ether oxygens (including phenoxy) is 1. The minimum Gasteiger partial charge on any atom is -0.365 e. The van der Waals surface area contributed by atoms with Crippen molar-refractivity contribution >= 4 is 0 Å². The summed E-state index contributed by atoms with van der Waals surface area (Å²) in [6.45, 7) is 4.59. The van der Waals surface area contributed by atoms with E-state index in [-0.39, 0.29) is 12.2 Å². The molecule has 1 heteroatoms. The first-order valence-corrected chi connectivity index (χ1v) is 7.02. The SMILES string of the molecule is C[C@@H]1[C@@H](C)[C@H](c2ccccc2)O[C@H]1c1ccccc1. The average Bonchev–Trinajstić information content (AvgIpc) is 2.77. The van der Waals surface area contributed by atoms with E-state index in [4.69, 9.17) is 4.74 Å². The highest BCUT2D eigenvalue weighted by Gasteiger charge is 2.40. The predicted octanol–water partition coefficient (Wildman–Crippen LogP) is 4.77. The highest BCUT2D eigenvalue weighted by molar-refractivity contribution is 5.24. The first-order valence-electron chi connectivity index (χ1n) is 7.02. The summed E-state index contributed by atoms with van der Waals surface area (Å²) in [7, 11) is 0. The normalized spacial score (nSPS) is 30.4. The van der Waals surface area contributed by atoms with Gasteiger partial charge in [-0.2, -0.15) is 0 Å². The lowest BCUT2D eigenvalue weighted by atomic mass is 9.85. The van der Waals surface area contributed by atoms with Gasteiger partial charge in [0, 0.05) is 0 Å². The molecule has 0 bridgehead atoms. The van der Waals surface area contributed by atoms with Crippen molar-refractivity contribution < 1.29 is 4.74 Å². The van der Waals surface area contributed by atoms with Crippen LogP contribution in [0.2, 0.25) is 0 Å². The largest absolute Gasteiger partial charge is 0.365 e. The third-order valence-electron chi connectivity index (χ3n) is 4.33. The summed E-state index contributed by atoms with van der Waals surface area (Å²) in [4.78, 5) is 0. The molecule has 0 radical (unpaired) electrons. The monoisotopic (exact) mass is 252 g/mol. The summed E-state index contributed by atoms with van der Waals surface area (Å²) in [5.41, 5.74) is 2.58. The van der Waals surface area contributed by atoms with Gasteiger partial charge in [-0.05, 0) is 23.0 Å². The van der Waals surface area contributed by atoms with Crippen molar-refractivity contribution in [1.82, 2.24) is 0 Å². The minimum atomic E-state index is 0.210. The molecule has 2 aromatic rings. The van der Waals surface area contributed by atoms with Crippen molar-refractivity contribution in [1.29, 1.82) is 0 Å². The molecule has 0 saturated carbocycles. The van der Waals surface area contributed by atoms with E-state index in [0.29, 0.717) is 11.8 Å². The average molecular weight is 252 g/mol. The van der Waals surface area contributed by atoms with Crippen LogP contribution >= 0.6 is 0 Å². The molecule has 2 aromatic carbocycles. The van der Waals surface area contributed by atoms with Gasteiger partial charge in [0.1, 0.15) is 0 Å². The van der Waals surface area contributed by atoms with Crippen LogP contribution in [-0.4, -0.2) is 0 Å². The Kier molecular flexibility index (Phi) is 3.39. The lowest BCUT2D eigenvalue weighted by molar-refractivity contribution is 0.0290. The molecule has 4 atom stereocenters.